The molecule has 4 aliphatic carbocycles. The van der Waals surface area contributed by atoms with Crippen molar-refractivity contribution in [2.75, 3.05) is 0 Å². The molecule has 4 aliphatic rings. The van der Waals surface area contributed by atoms with Crippen LogP contribution in [0, 0.1) is 46.3 Å². The lowest BCUT2D eigenvalue weighted by molar-refractivity contribution is -0.207. The van der Waals surface area contributed by atoms with Crippen LogP contribution in [-0.4, -0.2) is 62.9 Å². The van der Waals surface area contributed by atoms with Gasteiger partial charge in [-0.2, -0.15) is 0 Å². The molecule has 1 unspecified atom stereocenters. The molecule has 8 nitrogen and oxygen atoms in total. The van der Waals surface area contributed by atoms with E-state index in [-0.39, 0.29) is 71.7 Å². The minimum absolute atomic E-state index is 0.0394. The Bertz CT molecular complexity index is 865. The van der Waals surface area contributed by atoms with Gasteiger partial charge in [-0.25, -0.2) is 4.79 Å². The van der Waals surface area contributed by atoms with Crippen molar-refractivity contribution in [2.45, 2.75) is 116 Å². The molecular weight excluding hydrogens is 474 g/mol. The third kappa shape index (κ3) is 5.10. The second-order valence-electron chi connectivity index (χ2n) is 13.2. The zero-order valence-electron chi connectivity index (χ0n) is 22.6. The number of fused-ring (bicyclic) bond motifs is 5. The largest absolute Gasteiger partial charge is 0.480 e. The van der Waals surface area contributed by atoms with E-state index in [2.05, 4.69) is 26.1 Å². The number of hydrogen-bond acceptors (Lipinski definition) is 6. The minimum atomic E-state index is -1.14. The Kier molecular flexibility index (Phi) is 8.42. The highest BCUT2D eigenvalue weighted by Gasteiger charge is 2.65. The molecular formula is C29H47NO7. The molecule has 4 rings (SSSR count). The highest BCUT2D eigenvalue weighted by molar-refractivity contribution is 5.83. The molecule has 4 saturated carbocycles. The second-order valence-corrected chi connectivity index (χ2v) is 13.2. The lowest BCUT2D eigenvalue weighted by Gasteiger charge is -2.63. The smallest absolute Gasteiger partial charge is 0.326 e. The monoisotopic (exact) mass is 521 g/mol. The standard InChI is InChI=1S/C29H47NO7/c1-16(6-9-25(35)30-22(27(36)37)5-4-12-31)19-7-8-20-26-21(15-24(34)29(19,20)3)28(2)11-10-18(32)13-17(28)14-23(26)33/h12,16-24,26,32-34H,4-11,13-15H2,1-3H3,(H,30,35)(H,36,37)/t16-,17+,18-,19-,20+,21+,22?,23-,24+,26+,28+,29-/m1/s1. The van der Waals surface area contributed by atoms with Gasteiger partial charge in [0.2, 0.25) is 5.91 Å². The van der Waals surface area contributed by atoms with Gasteiger partial charge in [0.25, 0.3) is 0 Å². The number of aldehydes is 1. The third-order valence-corrected chi connectivity index (χ3v) is 11.6. The van der Waals surface area contributed by atoms with E-state index < -0.39 is 24.2 Å². The maximum atomic E-state index is 12.5. The van der Waals surface area contributed by atoms with Crippen LogP contribution < -0.4 is 5.32 Å². The predicted octanol–water partition coefficient (Wildman–Crippen LogP) is 2.91. The summed E-state index contributed by atoms with van der Waals surface area (Å²) in [5.74, 6) is -0.155. The molecule has 8 heteroatoms. The van der Waals surface area contributed by atoms with E-state index in [1.54, 1.807) is 0 Å². The number of aliphatic hydroxyl groups is 3. The molecule has 12 atom stereocenters. The van der Waals surface area contributed by atoms with Gasteiger partial charge >= 0.3 is 5.97 Å². The molecule has 0 bridgehead atoms. The van der Waals surface area contributed by atoms with E-state index in [0.717, 1.165) is 38.5 Å². The van der Waals surface area contributed by atoms with Gasteiger partial charge in [0.05, 0.1) is 18.3 Å². The highest BCUT2D eigenvalue weighted by Crippen LogP contribution is 2.68. The molecule has 0 spiro atoms. The van der Waals surface area contributed by atoms with Crippen molar-refractivity contribution in [1.82, 2.24) is 5.32 Å². The van der Waals surface area contributed by atoms with Crippen LogP contribution in [-0.2, 0) is 14.4 Å². The zero-order valence-corrected chi connectivity index (χ0v) is 22.6. The molecule has 5 N–H and O–H groups in total. The van der Waals surface area contributed by atoms with Crippen molar-refractivity contribution in [3.8, 4) is 0 Å². The van der Waals surface area contributed by atoms with Gasteiger partial charge in [0.1, 0.15) is 12.3 Å². The number of amides is 1. The van der Waals surface area contributed by atoms with E-state index >= 15 is 0 Å². The van der Waals surface area contributed by atoms with Gasteiger partial charge in [-0.05, 0) is 104 Å². The van der Waals surface area contributed by atoms with Gasteiger partial charge in [-0.1, -0.05) is 20.8 Å². The Morgan fingerprint density at radius 3 is 2.43 bits per heavy atom. The van der Waals surface area contributed by atoms with E-state index in [1.165, 1.54) is 0 Å². The van der Waals surface area contributed by atoms with Gasteiger partial charge in [-0.3, -0.25) is 4.79 Å². The Labute approximate surface area is 220 Å². The summed E-state index contributed by atoms with van der Waals surface area (Å²) in [6.45, 7) is 6.65. The summed E-state index contributed by atoms with van der Waals surface area (Å²) < 4.78 is 0. The number of carbonyl (C=O) groups is 3. The van der Waals surface area contributed by atoms with Crippen LogP contribution >= 0.6 is 0 Å². The Hall–Kier alpha value is -1.51. The molecule has 0 aromatic carbocycles. The quantitative estimate of drug-likeness (QED) is 0.293. The molecule has 1 amide bonds. The first-order valence-corrected chi connectivity index (χ1v) is 14.4. The van der Waals surface area contributed by atoms with Crippen molar-refractivity contribution >= 4 is 18.2 Å². The van der Waals surface area contributed by atoms with Gasteiger partial charge in [0.15, 0.2) is 0 Å². The first-order chi connectivity index (χ1) is 17.4. The number of rotatable bonds is 9. The Morgan fingerprint density at radius 1 is 1.03 bits per heavy atom. The normalized spacial score (nSPS) is 44.6. The van der Waals surface area contributed by atoms with E-state index in [4.69, 9.17) is 0 Å². The average Bonchev–Trinajstić information content (AvgIpc) is 3.20. The predicted molar refractivity (Wildman–Crippen MR) is 137 cm³/mol. The molecule has 0 aromatic heterocycles. The number of nitrogens with one attached hydrogen (secondary N) is 1. The van der Waals surface area contributed by atoms with E-state index in [9.17, 15) is 34.8 Å². The van der Waals surface area contributed by atoms with E-state index in [1.807, 2.05) is 0 Å². The fourth-order valence-corrected chi connectivity index (χ4v) is 9.45. The molecule has 37 heavy (non-hydrogen) atoms. The van der Waals surface area contributed by atoms with Gasteiger partial charge < -0.3 is 30.5 Å². The van der Waals surface area contributed by atoms with Crippen LogP contribution in [0.4, 0.5) is 0 Å². The number of aliphatic hydroxyl groups excluding tert-OH is 3. The third-order valence-electron chi connectivity index (χ3n) is 11.6. The maximum Gasteiger partial charge on any atom is 0.326 e. The number of carboxylic acid groups (broad SMARTS) is 1. The fraction of sp³-hybridized carbons (Fsp3) is 0.897. The Balaban J connectivity index is 1.43. The van der Waals surface area contributed by atoms with Gasteiger partial charge in [0, 0.05) is 12.8 Å². The summed E-state index contributed by atoms with van der Waals surface area (Å²) in [4.78, 5) is 34.5. The summed E-state index contributed by atoms with van der Waals surface area (Å²) in [7, 11) is 0. The average molecular weight is 522 g/mol. The van der Waals surface area contributed by atoms with E-state index in [0.29, 0.717) is 25.0 Å². The minimum Gasteiger partial charge on any atom is -0.480 e. The van der Waals surface area contributed by atoms with Crippen molar-refractivity contribution in [3.63, 3.8) is 0 Å². The molecule has 0 aliphatic heterocycles. The van der Waals surface area contributed by atoms with Gasteiger partial charge in [-0.15, -0.1) is 0 Å². The number of aliphatic carboxylic acids is 1. The van der Waals surface area contributed by atoms with Crippen LogP contribution in [0.25, 0.3) is 0 Å². The molecule has 210 valence electrons. The van der Waals surface area contributed by atoms with Crippen LogP contribution in [0.5, 0.6) is 0 Å². The number of hydrogen-bond donors (Lipinski definition) is 5. The molecule has 0 saturated heterocycles. The summed E-state index contributed by atoms with van der Waals surface area (Å²) in [5, 5.41) is 45.2. The SMILES string of the molecule is C[C@H](CCC(=O)NC(CCC=O)C(=O)O)[C@H]1CC[C@H]2[C@@H]3[C@H](O)C[C@@H]4C[C@H](O)CC[C@]4(C)[C@H]3C[C@H](O)[C@]12C. The van der Waals surface area contributed by atoms with Crippen LogP contribution in [0.2, 0.25) is 0 Å². The maximum absolute atomic E-state index is 12.5. The lowest BCUT2D eigenvalue weighted by Crippen LogP contribution is -2.62. The summed E-state index contributed by atoms with van der Waals surface area (Å²) in [6, 6.07) is -1.06. The zero-order chi connectivity index (χ0) is 27.1. The first kappa shape index (κ1) is 28.5. The highest BCUT2D eigenvalue weighted by atomic mass is 16.4. The summed E-state index contributed by atoms with van der Waals surface area (Å²) in [6.07, 6.45) is 6.26. The van der Waals surface area contributed by atoms with Crippen molar-refractivity contribution in [1.29, 1.82) is 0 Å². The molecule has 0 aromatic rings. The second kappa shape index (κ2) is 10.9. The van der Waals surface area contributed by atoms with Crippen molar-refractivity contribution < 1.29 is 34.8 Å². The Morgan fingerprint density at radius 2 is 1.76 bits per heavy atom. The topological polar surface area (TPSA) is 144 Å². The fourth-order valence-electron chi connectivity index (χ4n) is 9.45. The summed E-state index contributed by atoms with van der Waals surface area (Å²) in [5.41, 5.74) is -0.291. The molecule has 4 fully saturated rings. The lowest BCUT2D eigenvalue weighted by atomic mass is 9.43. The summed E-state index contributed by atoms with van der Waals surface area (Å²) >= 11 is 0. The van der Waals surface area contributed by atoms with Crippen LogP contribution in [0.15, 0.2) is 0 Å². The van der Waals surface area contributed by atoms with Crippen molar-refractivity contribution in [3.05, 3.63) is 0 Å². The van der Waals surface area contributed by atoms with Crippen molar-refractivity contribution in [2.24, 2.45) is 46.3 Å². The first-order valence-electron chi connectivity index (χ1n) is 14.4. The molecule has 0 radical (unpaired) electrons. The number of carbonyl (C=O) groups excluding carboxylic acids is 2. The number of carboxylic acids is 1. The molecule has 0 heterocycles. The van der Waals surface area contributed by atoms with Crippen LogP contribution in [0.1, 0.15) is 91.4 Å². The van der Waals surface area contributed by atoms with Crippen LogP contribution in [0.3, 0.4) is 0 Å².